The smallest absolute Gasteiger partial charge is 0.226 e. The molecule has 0 aromatic carbocycles. The number of aryl methyl sites for hydroxylation is 3. The van der Waals surface area contributed by atoms with Crippen molar-refractivity contribution in [1.29, 1.82) is 0 Å². The van der Waals surface area contributed by atoms with E-state index in [1.165, 1.54) is 4.88 Å². The van der Waals surface area contributed by atoms with E-state index in [0.717, 1.165) is 17.1 Å². The van der Waals surface area contributed by atoms with Crippen LogP contribution in [-0.2, 0) is 11.2 Å². The molecule has 108 valence electrons. The van der Waals surface area contributed by atoms with Crippen LogP contribution in [0.4, 0.5) is 0 Å². The van der Waals surface area contributed by atoms with Crippen LogP contribution in [0, 0.1) is 20.8 Å². The van der Waals surface area contributed by atoms with E-state index < -0.39 is 0 Å². The van der Waals surface area contributed by atoms with Crippen molar-refractivity contribution < 1.29 is 9.42 Å². The molecule has 2 aromatic heterocycles. The summed E-state index contributed by atoms with van der Waals surface area (Å²) in [6, 6.07) is -0.0555. The molecule has 1 N–H and O–H groups in total. The molecule has 0 aliphatic rings. The summed E-state index contributed by atoms with van der Waals surface area (Å²) in [6.45, 7) is 7.81. The van der Waals surface area contributed by atoms with Crippen molar-refractivity contribution in [3.8, 4) is 0 Å². The highest BCUT2D eigenvalue weighted by Gasteiger charge is 2.19. The molecule has 0 saturated carbocycles. The second kappa shape index (κ2) is 6.13. The standard InChI is InChI=1S/C13H18N4O2S/c1-5-10(13-14-7(2)9(4)20-13)15-12(18)6-11-8(3)16-19-17-11/h10H,5-6H2,1-4H3,(H,15,18)/t10-/m0/s1. The molecule has 0 bridgehead atoms. The molecular weight excluding hydrogens is 276 g/mol. The molecule has 0 spiro atoms. The number of nitrogens with one attached hydrogen (secondary N) is 1. The van der Waals surface area contributed by atoms with Gasteiger partial charge in [0, 0.05) is 4.88 Å². The number of carbonyl (C=O) groups is 1. The molecule has 1 amide bonds. The quantitative estimate of drug-likeness (QED) is 0.914. The minimum Gasteiger partial charge on any atom is -0.347 e. The zero-order valence-electron chi connectivity index (χ0n) is 12.1. The molecule has 6 nitrogen and oxygen atoms in total. The molecule has 0 radical (unpaired) electrons. The van der Waals surface area contributed by atoms with E-state index in [2.05, 4.69) is 25.2 Å². The maximum absolute atomic E-state index is 12.1. The lowest BCUT2D eigenvalue weighted by atomic mass is 10.2. The van der Waals surface area contributed by atoms with E-state index >= 15 is 0 Å². The third-order valence-corrected chi connectivity index (χ3v) is 4.35. The third kappa shape index (κ3) is 3.22. The summed E-state index contributed by atoms with van der Waals surface area (Å²) in [5.74, 6) is -0.0962. The van der Waals surface area contributed by atoms with Crippen molar-refractivity contribution in [3.63, 3.8) is 0 Å². The number of carbonyl (C=O) groups excluding carboxylic acids is 1. The van der Waals surface area contributed by atoms with Gasteiger partial charge in [0.2, 0.25) is 5.91 Å². The SMILES string of the molecule is CC[C@H](NC(=O)Cc1nonc1C)c1nc(C)c(C)s1. The predicted molar refractivity (Wildman–Crippen MR) is 75.5 cm³/mol. The van der Waals surface area contributed by atoms with E-state index in [0.29, 0.717) is 11.4 Å². The van der Waals surface area contributed by atoms with Crippen molar-refractivity contribution in [3.05, 3.63) is 27.0 Å². The highest BCUT2D eigenvalue weighted by Crippen LogP contribution is 2.24. The Morgan fingerprint density at radius 3 is 2.55 bits per heavy atom. The van der Waals surface area contributed by atoms with Crippen LogP contribution in [0.15, 0.2) is 4.63 Å². The van der Waals surface area contributed by atoms with Crippen LogP contribution in [0.5, 0.6) is 0 Å². The van der Waals surface area contributed by atoms with Gasteiger partial charge >= 0.3 is 0 Å². The Balaban J connectivity index is 2.03. The van der Waals surface area contributed by atoms with Crippen molar-refractivity contribution in [2.75, 3.05) is 0 Å². The van der Waals surface area contributed by atoms with E-state index in [-0.39, 0.29) is 18.4 Å². The monoisotopic (exact) mass is 294 g/mol. The lowest BCUT2D eigenvalue weighted by molar-refractivity contribution is -0.121. The molecule has 0 unspecified atom stereocenters. The fraction of sp³-hybridized carbons (Fsp3) is 0.538. The molecule has 0 fully saturated rings. The summed E-state index contributed by atoms with van der Waals surface area (Å²) >= 11 is 1.63. The summed E-state index contributed by atoms with van der Waals surface area (Å²) < 4.78 is 4.59. The largest absolute Gasteiger partial charge is 0.347 e. The van der Waals surface area contributed by atoms with E-state index in [9.17, 15) is 4.79 Å². The van der Waals surface area contributed by atoms with Crippen LogP contribution in [-0.4, -0.2) is 21.2 Å². The Morgan fingerprint density at radius 1 is 1.30 bits per heavy atom. The second-order valence-corrected chi connectivity index (χ2v) is 5.93. The highest BCUT2D eigenvalue weighted by atomic mass is 32.1. The number of aromatic nitrogens is 3. The summed E-state index contributed by atoms with van der Waals surface area (Å²) in [6.07, 6.45) is 0.976. The van der Waals surface area contributed by atoms with E-state index in [1.807, 2.05) is 20.8 Å². The number of nitrogens with zero attached hydrogens (tertiary/aromatic N) is 3. The minimum atomic E-state index is -0.0962. The number of thiazole rings is 1. The normalized spacial score (nSPS) is 12.4. The molecule has 0 aliphatic carbocycles. The van der Waals surface area contributed by atoms with Crippen LogP contribution < -0.4 is 5.32 Å². The Labute approximate surface area is 121 Å². The Morgan fingerprint density at radius 2 is 2.05 bits per heavy atom. The van der Waals surface area contributed by atoms with Crippen molar-refractivity contribution in [2.24, 2.45) is 0 Å². The van der Waals surface area contributed by atoms with Crippen LogP contribution in [0.2, 0.25) is 0 Å². The van der Waals surface area contributed by atoms with Gasteiger partial charge in [-0.05, 0) is 27.2 Å². The molecule has 20 heavy (non-hydrogen) atoms. The van der Waals surface area contributed by atoms with Crippen LogP contribution in [0.1, 0.15) is 46.4 Å². The van der Waals surface area contributed by atoms with Gasteiger partial charge in [0.25, 0.3) is 0 Å². The lowest BCUT2D eigenvalue weighted by Crippen LogP contribution is -2.29. The van der Waals surface area contributed by atoms with Crippen molar-refractivity contribution >= 4 is 17.2 Å². The number of hydrogen-bond acceptors (Lipinski definition) is 6. The molecule has 1 atom stereocenters. The molecule has 2 rings (SSSR count). The summed E-state index contributed by atoms with van der Waals surface area (Å²) in [5.41, 5.74) is 2.24. The van der Waals surface area contributed by atoms with Gasteiger partial charge in [0.05, 0.1) is 18.2 Å². The van der Waals surface area contributed by atoms with Crippen LogP contribution in [0.3, 0.4) is 0 Å². The molecule has 2 heterocycles. The first-order valence-corrected chi connectivity index (χ1v) is 7.34. The average molecular weight is 294 g/mol. The van der Waals surface area contributed by atoms with Gasteiger partial charge in [-0.25, -0.2) is 9.61 Å². The first kappa shape index (κ1) is 14.6. The number of hydrogen-bond donors (Lipinski definition) is 1. The summed E-state index contributed by atoms with van der Waals surface area (Å²) in [4.78, 5) is 17.7. The minimum absolute atomic E-state index is 0.0555. The van der Waals surface area contributed by atoms with Gasteiger partial charge in [0.15, 0.2) is 0 Å². The highest BCUT2D eigenvalue weighted by molar-refractivity contribution is 7.11. The van der Waals surface area contributed by atoms with Crippen molar-refractivity contribution in [2.45, 2.75) is 46.6 Å². The Bertz CT molecular complexity index is 586. The third-order valence-electron chi connectivity index (χ3n) is 3.16. The summed E-state index contributed by atoms with van der Waals surface area (Å²) in [7, 11) is 0. The van der Waals surface area contributed by atoms with Gasteiger partial charge in [-0.15, -0.1) is 11.3 Å². The molecule has 7 heteroatoms. The maximum Gasteiger partial charge on any atom is 0.226 e. The van der Waals surface area contributed by atoms with Gasteiger partial charge in [-0.3, -0.25) is 4.79 Å². The zero-order valence-corrected chi connectivity index (χ0v) is 12.9. The second-order valence-electron chi connectivity index (χ2n) is 4.70. The first-order chi connectivity index (χ1) is 9.51. The molecular formula is C13H18N4O2S. The Kier molecular flexibility index (Phi) is 4.49. The van der Waals surface area contributed by atoms with Crippen LogP contribution >= 0.6 is 11.3 Å². The number of amides is 1. The van der Waals surface area contributed by atoms with E-state index in [1.54, 1.807) is 18.3 Å². The molecule has 0 saturated heterocycles. The fourth-order valence-electron chi connectivity index (χ4n) is 1.79. The fourth-order valence-corrected chi connectivity index (χ4v) is 2.85. The Hall–Kier alpha value is -1.76. The zero-order chi connectivity index (χ0) is 14.7. The lowest BCUT2D eigenvalue weighted by Gasteiger charge is -2.13. The van der Waals surface area contributed by atoms with Gasteiger partial charge in [-0.2, -0.15) is 0 Å². The first-order valence-electron chi connectivity index (χ1n) is 6.52. The number of rotatable bonds is 5. The molecule has 0 aliphatic heterocycles. The predicted octanol–water partition coefficient (Wildman–Crippen LogP) is 2.26. The average Bonchev–Trinajstić information content (AvgIpc) is 2.94. The maximum atomic E-state index is 12.1. The van der Waals surface area contributed by atoms with Gasteiger partial charge in [-0.1, -0.05) is 17.2 Å². The van der Waals surface area contributed by atoms with E-state index in [4.69, 9.17) is 0 Å². The van der Waals surface area contributed by atoms with Crippen molar-refractivity contribution in [1.82, 2.24) is 20.6 Å². The van der Waals surface area contributed by atoms with Gasteiger partial charge < -0.3 is 5.32 Å². The topological polar surface area (TPSA) is 80.9 Å². The van der Waals surface area contributed by atoms with Gasteiger partial charge in [0.1, 0.15) is 16.4 Å². The molecule has 2 aromatic rings. The van der Waals surface area contributed by atoms with Crippen LogP contribution in [0.25, 0.3) is 0 Å². The summed E-state index contributed by atoms with van der Waals surface area (Å²) in [5, 5.41) is 11.3.